The van der Waals surface area contributed by atoms with Crippen molar-refractivity contribution in [2.75, 3.05) is 26.4 Å². The highest BCUT2D eigenvalue weighted by Crippen LogP contribution is 2.03. The smallest absolute Gasteiger partial charge is 0.324 e. The number of aliphatic hydroxyl groups excluding tert-OH is 1. The van der Waals surface area contributed by atoms with Crippen molar-refractivity contribution in [1.29, 1.82) is 0 Å². The molecule has 0 spiro atoms. The molecule has 0 aliphatic heterocycles. The predicted octanol–water partition coefficient (Wildman–Crippen LogP) is -0.667. The van der Waals surface area contributed by atoms with Gasteiger partial charge in [-0.05, 0) is 13.8 Å². The van der Waals surface area contributed by atoms with E-state index in [1.54, 1.807) is 0 Å². The molecule has 92 valence electrons. The zero-order valence-electron chi connectivity index (χ0n) is 9.39. The molecule has 0 aromatic carbocycles. The fraction of sp³-hybridized carbons (Fsp3) is 0.700. The summed E-state index contributed by atoms with van der Waals surface area (Å²) >= 11 is 0. The van der Waals surface area contributed by atoms with Crippen LogP contribution in [0.15, 0.2) is 0 Å². The molecule has 0 fully saturated rings. The third-order valence-corrected chi connectivity index (χ3v) is 1.76. The van der Waals surface area contributed by atoms with Crippen molar-refractivity contribution < 1.29 is 29.0 Å². The number of hydrogen-bond acceptors (Lipinski definition) is 6. The third kappa shape index (κ3) is 5.57. The summed E-state index contributed by atoms with van der Waals surface area (Å²) in [5.74, 6) is -3.26. The molecule has 0 bridgehead atoms. The fourth-order valence-corrected chi connectivity index (χ4v) is 1.07. The van der Waals surface area contributed by atoms with Gasteiger partial charge in [0.05, 0.1) is 19.8 Å². The van der Waals surface area contributed by atoms with Crippen molar-refractivity contribution in [2.45, 2.75) is 13.8 Å². The van der Waals surface area contributed by atoms with Gasteiger partial charge in [-0.15, -0.1) is 0 Å². The van der Waals surface area contributed by atoms with Crippen LogP contribution in [0.3, 0.4) is 0 Å². The normalized spacial score (nSPS) is 10.2. The lowest BCUT2D eigenvalue weighted by atomic mass is 10.0. The van der Waals surface area contributed by atoms with Gasteiger partial charge in [0.25, 0.3) is 0 Å². The zero-order chi connectivity index (χ0) is 12.6. The average Bonchev–Trinajstić information content (AvgIpc) is 2.16. The number of aliphatic hydroxyl groups is 1. The number of hydrogen-bond donors (Lipinski definition) is 1. The van der Waals surface area contributed by atoms with Crippen LogP contribution in [0.2, 0.25) is 0 Å². The number of ether oxygens (including phenoxy) is 2. The molecule has 0 rings (SSSR count). The molecule has 0 aromatic rings. The second-order valence-electron chi connectivity index (χ2n) is 3.16. The number of carbonyl (C=O) groups excluding carboxylic acids is 3. The Morgan fingerprint density at radius 3 is 2.06 bits per heavy atom. The van der Waals surface area contributed by atoms with E-state index in [9.17, 15) is 14.4 Å². The molecule has 0 radical (unpaired) electrons. The molecule has 6 heteroatoms. The van der Waals surface area contributed by atoms with E-state index in [0.717, 1.165) is 13.8 Å². The summed E-state index contributed by atoms with van der Waals surface area (Å²) in [6.07, 6.45) is 0. The van der Waals surface area contributed by atoms with Crippen molar-refractivity contribution in [1.82, 2.24) is 0 Å². The maximum Gasteiger partial charge on any atom is 0.324 e. The first kappa shape index (κ1) is 14.7. The topological polar surface area (TPSA) is 89.9 Å². The fourth-order valence-electron chi connectivity index (χ4n) is 1.07. The molecule has 1 N–H and O–H groups in total. The monoisotopic (exact) mass is 232 g/mol. The minimum absolute atomic E-state index is 0.0457. The Kier molecular flexibility index (Phi) is 7.32. The van der Waals surface area contributed by atoms with E-state index < -0.39 is 23.5 Å². The first-order valence-corrected chi connectivity index (χ1v) is 4.86. The van der Waals surface area contributed by atoms with Crippen molar-refractivity contribution in [3.05, 3.63) is 0 Å². The van der Waals surface area contributed by atoms with Gasteiger partial charge in [0.15, 0.2) is 17.5 Å². The Bertz CT molecular complexity index is 246. The van der Waals surface area contributed by atoms with E-state index in [2.05, 4.69) is 4.74 Å². The number of Topliss-reactive ketones (excluding diaryl/α,β-unsaturated/α-hetero) is 2. The van der Waals surface area contributed by atoms with Gasteiger partial charge < -0.3 is 14.6 Å². The summed E-state index contributed by atoms with van der Waals surface area (Å²) in [7, 11) is 0. The highest BCUT2D eigenvalue weighted by atomic mass is 16.6. The standard InChI is InChI=1S/C10H16O6/c1-7(12)9(8(2)13)10(14)16-6-5-15-4-3-11/h9,11H,3-6H2,1-2H3. The number of ketones is 2. The van der Waals surface area contributed by atoms with E-state index in [4.69, 9.17) is 9.84 Å². The molecule has 0 heterocycles. The molecule has 0 atom stereocenters. The molecule has 0 amide bonds. The number of esters is 1. The van der Waals surface area contributed by atoms with E-state index >= 15 is 0 Å². The molecule has 16 heavy (non-hydrogen) atoms. The van der Waals surface area contributed by atoms with Crippen molar-refractivity contribution in [3.8, 4) is 0 Å². The summed E-state index contributed by atoms with van der Waals surface area (Å²) in [5.41, 5.74) is 0. The van der Waals surface area contributed by atoms with Crippen LogP contribution in [-0.4, -0.2) is 49.1 Å². The van der Waals surface area contributed by atoms with Gasteiger partial charge in [-0.1, -0.05) is 0 Å². The van der Waals surface area contributed by atoms with Crippen molar-refractivity contribution in [2.24, 2.45) is 5.92 Å². The highest BCUT2D eigenvalue weighted by molar-refractivity contribution is 6.15. The third-order valence-electron chi connectivity index (χ3n) is 1.76. The van der Waals surface area contributed by atoms with Gasteiger partial charge in [-0.2, -0.15) is 0 Å². The zero-order valence-corrected chi connectivity index (χ0v) is 9.39. The molecule has 0 aliphatic rings. The van der Waals surface area contributed by atoms with Crippen LogP contribution in [-0.2, 0) is 23.9 Å². The van der Waals surface area contributed by atoms with E-state index in [-0.39, 0.29) is 26.4 Å². The minimum Gasteiger partial charge on any atom is -0.462 e. The summed E-state index contributed by atoms with van der Waals surface area (Å²) < 4.78 is 9.52. The predicted molar refractivity (Wildman–Crippen MR) is 53.7 cm³/mol. The van der Waals surface area contributed by atoms with Gasteiger partial charge >= 0.3 is 5.97 Å². The van der Waals surface area contributed by atoms with Gasteiger partial charge in [-0.25, -0.2) is 0 Å². The Labute approximate surface area is 93.5 Å². The molecule has 0 aliphatic carbocycles. The maximum atomic E-state index is 11.3. The van der Waals surface area contributed by atoms with E-state index in [1.165, 1.54) is 0 Å². The van der Waals surface area contributed by atoms with E-state index in [0.29, 0.717) is 0 Å². The summed E-state index contributed by atoms with van der Waals surface area (Å²) in [4.78, 5) is 33.2. The first-order chi connectivity index (χ1) is 7.50. The van der Waals surface area contributed by atoms with Crippen LogP contribution in [0.5, 0.6) is 0 Å². The van der Waals surface area contributed by atoms with Crippen LogP contribution < -0.4 is 0 Å². The lowest BCUT2D eigenvalue weighted by molar-refractivity contribution is -0.155. The van der Waals surface area contributed by atoms with Crippen LogP contribution >= 0.6 is 0 Å². The largest absolute Gasteiger partial charge is 0.462 e. The molecule has 0 unspecified atom stereocenters. The molecule has 6 nitrogen and oxygen atoms in total. The van der Waals surface area contributed by atoms with Gasteiger partial charge in [0.1, 0.15) is 6.61 Å². The molecule has 0 aromatic heterocycles. The lowest BCUT2D eigenvalue weighted by Crippen LogP contribution is -2.31. The van der Waals surface area contributed by atoms with Gasteiger partial charge in [0.2, 0.25) is 0 Å². The van der Waals surface area contributed by atoms with Crippen molar-refractivity contribution >= 4 is 17.5 Å². The molecular formula is C10H16O6. The maximum absolute atomic E-state index is 11.3. The van der Waals surface area contributed by atoms with Crippen molar-refractivity contribution in [3.63, 3.8) is 0 Å². The van der Waals surface area contributed by atoms with Gasteiger partial charge in [-0.3, -0.25) is 14.4 Å². The number of carbonyl (C=O) groups is 3. The van der Waals surface area contributed by atoms with E-state index in [1.807, 2.05) is 0 Å². The van der Waals surface area contributed by atoms with Crippen LogP contribution in [0.1, 0.15) is 13.8 Å². The SMILES string of the molecule is CC(=O)C(C(C)=O)C(=O)OCCOCCO. The van der Waals surface area contributed by atoms with Crippen LogP contribution in [0.4, 0.5) is 0 Å². The molecule has 0 saturated carbocycles. The Hall–Kier alpha value is -1.27. The van der Waals surface area contributed by atoms with Crippen LogP contribution in [0, 0.1) is 5.92 Å². The number of rotatable bonds is 8. The van der Waals surface area contributed by atoms with Gasteiger partial charge in [0, 0.05) is 0 Å². The Morgan fingerprint density at radius 2 is 1.62 bits per heavy atom. The molecule has 0 saturated heterocycles. The Balaban J connectivity index is 3.94. The summed E-state index contributed by atoms with van der Waals surface area (Å²) in [6, 6.07) is 0. The van der Waals surface area contributed by atoms with Crippen LogP contribution in [0.25, 0.3) is 0 Å². The quantitative estimate of drug-likeness (QED) is 0.339. The minimum atomic E-state index is -1.34. The second-order valence-corrected chi connectivity index (χ2v) is 3.16. The second kappa shape index (κ2) is 7.95. The summed E-state index contributed by atoms with van der Waals surface area (Å²) in [5, 5.41) is 8.39. The average molecular weight is 232 g/mol. The lowest BCUT2D eigenvalue weighted by Gasteiger charge is -2.10. The highest BCUT2D eigenvalue weighted by Gasteiger charge is 2.29. The Morgan fingerprint density at radius 1 is 1.06 bits per heavy atom. The first-order valence-electron chi connectivity index (χ1n) is 4.86. The summed E-state index contributed by atoms with van der Waals surface area (Å²) in [6.45, 7) is 2.44. The molecular weight excluding hydrogens is 216 g/mol.